The number of nitro benzene ring substituents is 1. The number of hydrogen-bond donors (Lipinski definition) is 1. The van der Waals surface area contributed by atoms with Crippen molar-refractivity contribution in [2.45, 2.75) is 13.1 Å². The normalized spacial score (nSPS) is 11.4. The molecular formula is C25H16ClF4N3O5. The number of carbonyl (C=O) groups is 1. The summed E-state index contributed by atoms with van der Waals surface area (Å²) in [5.74, 6) is -2.13. The molecule has 0 unspecified atom stereocenters. The molecule has 0 heterocycles. The molecule has 0 spiro atoms. The predicted molar refractivity (Wildman–Crippen MR) is 129 cm³/mol. The number of ether oxygens (including phenoxy) is 2. The number of hydrogen-bond acceptors (Lipinski definition) is 6. The maximum atomic E-state index is 13.1. The molecule has 3 rings (SSSR count). The minimum absolute atomic E-state index is 0.0586. The van der Waals surface area contributed by atoms with Gasteiger partial charge in [0.2, 0.25) is 5.75 Å². The molecule has 0 aliphatic carbocycles. The van der Waals surface area contributed by atoms with E-state index in [4.69, 9.17) is 21.1 Å². The van der Waals surface area contributed by atoms with E-state index in [1.165, 1.54) is 30.3 Å². The zero-order chi connectivity index (χ0) is 28.0. The Balaban J connectivity index is 1.97. The first-order valence-corrected chi connectivity index (χ1v) is 11.0. The molecule has 196 valence electrons. The molecule has 0 saturated heterocycles. The highest BCUT2D eigenvalue weighted by molar-refractivity contribution is 6.32. The van der Waals surface area contributed by atoms with Gasteiger partial charge < -0.3 is 14.8 Å². The van der Waals surface area contributed by atoms with E-state index in [1.54, 1.807) is 13.0 Å². The molecule has 13 heteroatoms. The van der Waals surface area contributed by atoms with Gasteiger partial charge in [0.1, 0.15) is 17.5 Å². The van der Waals surface area contributed by atoms with Crippen LogP contribution < -0.4 is 14.8 Å². The fourth-order valence-electron chi connectivity index (χ4n) is 3.11. The molecule has 0 aliphatic heterocycles. The second-order valence-electron chi connectivity index (χ2n) is 7.43. The molecule has 0 aliphatic rings. The van der Waals surface area contributed by atoms with Gasteiger partial charge >= 0.3 is 11.9 Å². The van der Waals surface area contributed by atoms with Gasteiger partial charge in [0, 0.05) is 11.8 Å². The number of halogens is 5. The van der Waals surface area contributed by atoms with Gasteiger partial charge in [0.25, 0.3) is 5.91 Å². The van der Waals surface area contributed by atoms with Crippen LogP contribution in [0.5, 0.6) is 17.2 Å². The van der Waals surface area contributed by atoms with Gasteiger partial charge in [-0.05, 0) is 67.1 Å². The van der Waals surface area contributed by atoms with Gasteiger partial charge in [-0.3, -0.25) is 14.9 Å². The average Bonchev–Trinajstić information content (AvgIpc) is 2.85. The monoisotopic (exact) mass is 549 g/mol. The maximum Gasteiger partial charge on any atom is 0.416 e. The quantitative estimate of drug-likeness (QED) is 0.105. The molecule has 0 fully saturated rings. The molecular weight excluding hydrogens is 534 g/mol. The molecule has 0 aromatic heterocycles. The molecule has 38 heavy (non-hydrogen) atoms. The third-order valence-electron chi connectivity index (χ3n) is 4.80. The Labute approximate surface area is 217 Å². The zero-order valence-corrected chi connectivity index (χ0v) is 20.1. The van der Waals surface area contributed by atoms with E-state index in [9.17, 15) is 37.7 Å². The predicted octanol–water partition coefficient (Wildman–Crippen LogP) is 7.14. The highest BCUT2D eigenvalue weighted by atomic mass is 35.5. The second-order valence-corrected chi connectivity index (χ2v) is 7.84. The molecule has 0 atom stereocenters. The van der Waals surface area contributed by atoms with Crippen molar-refractivity contribution in [2.75, 3.05) is 11.9 Å². The molecule has 3 aromatic rings. The van der Waals surface area contributed by atoms with E-state index >= 15 is 0 Å². The summed E-state index contributed by atoms with van der Waals surface area (Å²) in [7, 11) is 0. The lowest BCUT2D eigenvalue weighted by atomic mass is 10.1. The van der Waals surface area contributed by atoms with Crippen LogP contribution in [0.15, 0.2) is 60.2 Å². The van der Waals surface area contributed by atoms with Crippen molar-refractivity contribution in [3.63, 3.8) is 0 Å². The Morgan fingerprint density at radius 1 is 1.16 bits per heavy atom. The van der Waals surface area contributed by atoms with Gasteiger partial charge in [0.05, 0.1) is 22.1 Å². The number of anilines is 1. The number of amides is 1. The largest absolute Gasteiger partial charge is 0.490 e. The number of alkyl halides is 3. The summed E-state index contributed by atoms with van der Waals surface area (Å²) in [6, 6.07) is 10.9. The molecule has 0 bridgehead atoms. The number of benzene rings is 3. The molecule has 0 radical (unpaired) electrons. The zero-order valence-electron chi connectivity index (χ0n) is 19.3. The van der Waals surface area contributed by atoms with Gasteiger partial charge in [-0.25, -0.2) is 4.39 Å². The standard InChI is InChI=1S/C25H16ClF4N3O5/c1-2-37-22-11-14(9-15(13-31)24(34)32-18-6-4-17(27)5-7-18)10-19(26)23(22)38-21-8-3-16(25(28,29)30)12-20(21)33(35)36/h3-12H,2H2,1H3,(H,32,34)/b15-9+. The summed E-state index contributed by atoms with van der Waals surface area (Å²) in [5.41, 5.74) is -2.09. The number of nitrogens with one attached hydrogen (secondary N) is 1. The summed E-state index contributed by atoms with van der Waals surface area (Å²) in [4.78, 5) is 22.9. The van der Waals surface area contributed by atoms with Crippen molar-refractivity contribution in [3.05, 3.63) is 92.3 Å². The molecule has 8 nitrogen and oxygen atoms in total. The van der Waals surface area contributed by atoms with Crippen LogP contribution in [0.1, 0.15) is 18.1 Å². The van der Waals surface area contributed by atoms with Crippen molar-refractivity contribution in [1.29, 1.82) is 5.26 Å². The van der Waals surface area contributed by atoms with Crippen LogP contribution in [0.25, 0.3) is 6.08 Å². The van der Waals surface area contributed by atoms with Crippen molar-refractivity contribution in [2.24, 2.45) is 0 Å². The third-order valence-corrected chi connectivity index (χ3v) is 5.09. The number of nitro groups is 1. The Morgan fingerprint density at radius 2 is 1.84 bits per heavy atom. The molecule has 1 N–H and O–H groups in total. The number of rotatable bonds is 8. The topological polar surface area (TPSA) is 114 Å². The Morgan fingerprint density at radius 3 is 2.42 bits per heavy atom. The Hall–Kier alpha value is -4.63. The lowest BCUT2D eigenvalue weighted by Crippen LogP contribution is -2.13. The van der Waals surface area contributed by atoms with Crippen molar-refractivity contribution in [1.82, 2.24) is 0 Å². The van der Waals surface area contributed by atoms with Crippen LogP contribution in [-0.4, -0.2) is 17.4 Å². The van der Waals surface area contributed by atoms with E-state index in [1.807, 2.05) is 0 Å². The fourth-order valence-corrected chi connectivity index (χ4v) is 3.37. The van der Waals surface area contributed by atoms with Crippen LogP contribution >= 0.6 is 11.6 Å². The van der Waals surface area contributed by atoms with E-state index < -0.39 is 39.8 Å². The van der Waals surface area contributed by atoms with Gasteiger partial charge in [-0.2, -0.15) is 18.4 Å². The first-order chi connectivity index (χ1) is 17.9. The minimum Gasteiger partial charge on any atom is -0.490 e. The molecule has 0 saturated carbocycles. The molecule has 1 amide bonds. The summed E-state index contributed by atoms with van der Waals surface area (Å²) in [6.07, 6.45) is -3.63. The van der Waals surface area contributed by atoms with E-state index in [0.717, 1.165) is 18.2 Å². The Bertz CT molecular complexity index is 1450. The van der Waals surface area contributed by atoms with E-state index in [-0.39, 0.29) is 40.0 Å². The highest BCUT2D eigenvalue weighted by Crippen LogP contribution is 2.44. The molecule has 3 aromatic carbocycles. The van der Waals surface area contributed by atoms with E-state index in [2.05, 4.69) is 5.32 Å². The van der Waals surface area contributed by atoms with Gasteiger partial charge in [-0.1, -0.05) is 11.6 Å². The first-order valence-electron chi connectivity index (χ1n) is 10.6. The lowest BCUT2D eigenvalue weighted by Gasteiger charge is -2.15. The van der Waals surface area contributed by atoms with Crippen molar-refractivity contribution < 1.29 is 36.8 Å². The number of nitriles is 1. The first kappa shape index (κ1) is 27.9. The third kappa shape index (κ3) is 6.77. The van der Waals surface area contributed by atoms with Crippen LogP contribution in [0.4, 0.5) is 28.9 Å². The number of nitrogens with zero attached hydrogens (tertiary/aromatic N) is 2. The highest BCUT2D eigenvalue weighted by Gasteiger charge is 2.33. The maximum absolute atomic E-state index is 13.1. The summed E-state index contributed by atoms with van der Waals surface area (Å²) < 4.78 is 63.1. The van der Waals surface area contributed by atoms with E-state index in [0.29, 0.717) is 12.1 Å². The average molecular weight is 550 g/mol. The van der Waals surface area contributed by atoms with Crippen molar-refractivity contribution >= 4 is 35.0 Å². The minimum atomic E-state index is -4.81. The Kier molecular flexibility index (Phi) is 8.54. The summed E-state index contributed by atoms with van der Waals surface area (Å²) >= 11 is 6.30. The van der Waals surface area contributed by atoms with Gasteiger partial charge in [-0.15, -0.1) is 0 Å². The van der Waals surface area contributed by atoms with Crippen molar-refractivity contribution in [3.8, 4) is 23.3 Å². The van der Waals surface area contributed by atoms with Gasteiger partial charge in [0.15, 0.2) is 11.5 Å². The second kappa shape index (κ2) is 11.6. The van der Waals surface area contributed by atoms with Crippen LogP contribution in [0.3, 0.4) is 0 Å². The SMILES string of the molecule is CCOc1cc(/C=C(\C#N)C(=O)Nc2ccc(F)cc2)cc(Cl)c1Oc1ccc(C(F)(F)F)cc1[N+](=O)[O-]. The summed E-state index contributed by atoms with van der Waals surface area (Å²) in [6.45, 7) is 1.68. The fraction of sp³-hybridized carbons (Fsp3) is 0.120. The van der Waals surface area contributed by atoms with Crippen LogP contribution in [0, 0.1) is 27.3 Å². The van der Waals surface area contributed by atoms with Crippen LogP contribution in [-0.2, 0) is 11.0 Å². The summed E-state index contributed by atoms with van der Waals surface area (Å²) in [5, 5.41) is 23.1. The number of carbonyl (C=O) groups excluding carboxylic acids is 1. The lowest BCUT2D eigenvalue weighted by molar-refractivity contribution is -0.385. The smallest absolute Gasteiger partial charge is 0.416 e. The van der Waals surface area contributed by atoms with Crippen LogP contribution in [0.2, 0.25) is 5.02 Å².